The molecule has 0 aliphatic carbocycles. The molecule has 93 heavy (non-hydrogen) atoms. The van der Waals surface area contributed by atoms with Crippen LogP contribution in [0.25, 0.3) is 21.5 Å². The summed E-state index contributed by atoms with van der Waals surface area (Å²) in [5.41, 5.74) is 7.61. The first-order valence-electron chi connectivity index (χ1n) is 24.1. The van der Waals surface area contributed by atoms with Gasteiger partial charge in [0.15, 0.2) is 21.3 Å². The van der Waals surface area contributed by atoms with E-state index in [0.29, 0.717) is 18.2 Å². The van der Waals surface area contributed by atoms with Crippen LogP contribution >= 0.6 is 24.1 Å². The Morgan fingerprint density at radius 1 is 0.516 bits per heavy atom. The van der Waals surface area contributed by atoms with Crippen LogP contribution in [-0.4, -0.2) is 107 Å². The molecule has 0 radical (unpaired) electrons. The van der Waals surface area contributed by atoms with E-state index in [-0.39, 0.29) is 73.1 Å². The number of sulfonamides is 1. The zero-order valence-corrected chi connectivity index (χ0v) is 51.7. The molecule has 8 aromatic rings. The van der Waals surface area contributed by atoms with Crippen molar-refractivity contribution >= 4 is 174 Å². The fraction of sp³-hybridized carbons (Fsp3) is 0.0435. The van der Waals surface area contributed by atoms with Crippen LogP contribution in [0.5, 0.6) is 11.5 Å². The number of hydrogen-bond donors (Lipinski definition) is 11. The van der Waals surface area contributed by atoms with Crippen LogP contribution in [0.1, 0.15) is 0 Å². The lowest BCUT2D eigenvalue weighted by atomic mass is 10.0. The topological polar surface area (TPSA) is 619 Å². The van der Waals surface area contributed by atoms with Crippen molar-refractivity contribution in [2.45, 2.75) is 34.3 Å². The monoisotopic (exact) mass is 1440 g/mol. The number of nitrogens with zero attached hydrogens (tertiary/aromatic N) is 9. The van der Waals surface area contributed by atoms with Gasteiger partial charge in [0.1, 0.15) is 43.1 Å². The molecule has 39 nitrogen and oxygen atoms in total. The number of aromatic hydroxyl groups is 2. The quantitative estimate of drug-likeness (QED) is 0.00456. The maximum atomic E-state index is 13.6. The number of hydrogen-bond acceptors (Lipinski definition) is 35. The van der Waals surface area contributed by atoms with E-state index < -0.39 is 164 Å². The Morgan fingerprint density at radius 3 is 1.52 bits per heavy atom. The van der Waals surface area contributed by atoms with Gasteiger partial charge in [-0.05, 0) is 109 Å². The number of nitrogens with one attached hydrogen (secondary N) is 1. The molecule has 0 saturated carbocycles. The number of nitrogen functional groups attached to an aromatic ring is 2. The second-order valence-electron chi connectivity index (χ2n) is 17.9. The van der Waals surface area contributed by atoms with E-state index >= 15 is 0 Å². The molecule has 0 aromatic heterocycles. The Hall–Kier alpha value is -8.96. The molecule has 0 heterocycles. The molecule has 0 aliphatic heterocycles. The number of rotatable bonds is 26. The predicted octanol–water partition coefficient (Wildman–Crippen LogP) is 10.1. The number of non-ortho nitro benzene ring substituents is 1. The molecule has 0 saturated heterocycles. The second kappa shape index (κ2) is 27.7. The minimum Gasteiger partial charge on any atom is -0.505 e. The number of anilines is 3. The van der Waals surface area contributed by atoms with Crippen molar-refractivity contribution in [3.05, 3.63) is 125 Å². The Morgan fingerprint density at radius 2 is 1.00 bits per heavy atom. The molecule has 0 fully saturated rings. The van der Waals surface area contributed by atoms with Crippen LogP contribution in [0.3, 0.4) is 0 Å². The molecule has 0 amide bonds. The number of nitro groups is 1. The van der Waals surface area contributed by atoms with Gasteiger partial charge in [-0.1, -0.05) is 10.1 Å². The molecule has 47 heteroatoms. The second-order valence-corrected chi connectivity index (χ2v) is 28.4. The average molecular weight is 1450 g/mol. The summed E-state index contributed by atoms with van der Waals surface area (Å²) in [5.74, 6) is -2.96. The van der Waals surface area contributed by atoms with Crippen LogP contribution in [0.2, 0.25) is 0 Å². The lowest BCUT2D eigenvalue weighted by molar-refractivity contribution is -0.432. The van der Waals surface area contributed by atoms with E-state index in [1.807, 2.05) is 0 Å². The zero-order chi connectivity index (χ0) is 68.2. The number of phenolic OH excluding ortho intramolecular Hbond substituents is 2. The van der Waals surface area contributed by atoms with Crippen molar-refractivity contribution in [3.8, 4) is 11.5 Å². The first-order valence-corrected chi connectivity index (χ1v) is 34.4. The highest BCUT2D eigenvalue weighted by atomic mass is 32.3. The van der Waals surface area contributed by atoms with Crippen molar-refractivity contribution in [2.24, 2.45) is 40.9 Å². The van der Waals surface area contributed by atoms with E-state index in [2.05, 4.69) is 68.6 Å². The van der Waals surface area contributed by atoms with Crippen LogP contribution in [0.15, 0.2) is 190 Å². The minimum absolute atomic E-state index is 0.0584. The highest BCUT2D eigenvalue weighted by Gasteiger charge is 2.29. The van der Waals surface area contributed by atoms with E-state index in [9.17, 15) is 84.5 Å². The first kappa shape index (κ1) is 69.9. The highest BCUT2D eigenvalue weighted by Crippen LogP contribution is 2.52. The third-order valence-electron chi connectivity index (χ3n) is 12.0. The van der Waals surface area contributed by atoms with Gasteiger partial charge in [0.05, 0.1) is 100 Å². The summed E-state index contributed by atoms with van der Waals surface area (Å²) < 4.78 is 205. The van der Waals surface area contributed by atoms with Crippen molar-refractivity contribution in [1.82, 2.24) is 0 Å². The van der Waals surface area contributed by atoms with E-state index in [1.165, 1.54) is 36.4 Å². The molecule has 0 aliphatic rings. The average Bonchev–Trinajstić information content (AvgIpc) is 0.753. The molecular weight excluding hydrogens is 1410 g/mol. The summed E-state index contributed by atoms with van der Waals surface area (Å²) in [5, 5.41) is 88.6. The number of azo groups is 4. The van der Waals surface area contributed by atoms with Crippen LogP contribution < -0.4 is 16.2 Å². The Labute approximate surface area is 529 Å². The van der Waals surface area contributed by atoms with Gasteiger partial charge in [-0.3, -0.25) is 33.0 Å². The summed E-state index contributed by atoms with van der Waals surface area (Å²) in [6, 6.07) is 19.2. The van der Waals surface area contributed by atoms with Crippen molar-refractivity contribution in [1.29, 1.82) is 0 Å². The predicted molar refractivity (Wildman–Crippen MR) is 320 cm³/mol. The van der Waals surface area contributed by atoms with Crippen molar-refractivity contribution in [2.75, 3.05) is 28.5 Å². The molecule has 0 bridgehead atoms. The van der Waals surface area contributed by atoms with Gasteiger partial charge >= 0.3 is 10.4 Å². The summed E-state index contributed by atoms with van der Waals surface area (Å²) >= 11 is 0.359. The maximum Gasteiger partial charge on any atom is 0.397 e. The number of fused-ring (bicyclic) bond motifs is 2. The van der Waals surface area contributed by atoms with Gasteiger partial charge in [0.2, 0.25) is 0 Å². The number of sulfone groups is 1. The molecular formula is C46H36N12O27S8. The van der Waals surface area contributed by atoms with E-state index in [4.69, 9.17) is 26.5 Å². The summed E-state index contributed by atoms with van der Waals surface area (Å²) in [6.07, 6.45) is 0. The largest absolute Gasteiger partial charge is 0.505 e. The van der Waals surface area contributed by atoms with Crippen LogP contribution in [-0.2, 0) is 83.5 Å². The van der Waals surface area contributed by atoms with Gasteiger partial charge < -0.3 is 21.7 Å². The van der Waals surface area contributed by atoms with E-state index in [1.54, 1.807) is 0 Å². The van der Waals surface area contributed by atoms with Gasteiger partial charge in [-0.25, -0.2) is 31.5 Å². The van der Waals surface area contributed by atoms with Gasteiger partial charge in [0, 0.05) is 23.2 Å². The van der Waals surface area contributed by atoms with Gasteiger partial charge in [-0.15, -0.1) is 34.2 Å². The molecule has 8 rings (SSSR count). The number of nitrogens with two attached hydrogens (primary N) is 2. The number of phenols is 2. The summed E-state index contributed by atoms with van der Waals surface area (Å²) in [7, 11) is -30.0. The highest BCUT2D eigenvalue weighted by molar-refractivity contribution is 7.95. The smallest absolute Gasteiger partial charge is 0.397 e. The zero-order valence-electron chi connectivity index (χ0n) is 45.2. The Bertz CT molecular complexity index is 5170. The lowest BCUT2D eigenvalue weighted by Gasteiger charge is -2.14. The fourth-order valence-electron chi connectivity index (χ4n) is 7.96. The maximum absolute atomic E-state index is 13.6. The summed E-state index contributed by atoms with van der Waals surface area (Å²) in [4.78, 5) is 5.44. The number of nitro benzene ring substituents is 1. The van der Waals surface area contributed by atoms with Gasteiger partial charge in [-0.2, -0.15) is 49.0 Å². The standard InChI is InChI=1S/C46H36N12O27S8/c47-40-32(53-52-31-14-13-29(19-36(31)91(72,73)74)88(65,66)16-15-81-93(78,79)80)21-35(90(69,70)71)30-20-34(87-85-83-64)43(46(60)39(30)40)55-49-23-1-3-26(4-2-23)57-89(67,68)28-11-7-25(8-12-28)51-56-44-37(92(75,76)77)18-22-17-33(86-84-82-63)42(45(59)38(22)41(44)48)54-50-24-5-9-27(10-6-24)58(61)62/h1-14,17-21,57,59-60,63-64H,15-16,47-48H2,(H,69,70,71)(H,72,73,74)(H,75,76,77)(H,78,79,80). The normalized spacial score (nSPS) is 13.0. The Kier molecular flexibility index (Phi) is 20.8. The Balaban J connectivity index is 1.05. The minimum atomic E-state index is -5.38. The first-order chi connectivity index (χ1) is 43.5. The number of benzene rings is 8. The molecule has 0 spiro atoms. The third-order valence-corrected chi connectivity index (χ3v) is 19.5. The van der Waals surface area contributed by atoms with Crippen molar-refractivity contribution in [3.63, 3.8) is 0 Å². The van der Waals surface area contributed by atoms with E-state index in [0.717, 1.165) is 60.7 Å². The molecule has 0 unspecified atom stereocenters. The molecule has 8 aromatic carbocycles. The third kappa shape index (κ3) is 16.6. The molecule has 490 valence electrons. The SMILES string of the molecule is Nc1c(N=Nc2ccc(S(=O)(=O)Nc3ccc(N=Nc4c(SOOO)cc5c(S(=O)(=O)O)cc(N=Nc6ccc(S(=O)(=O)CCOS(=O)(=O)O)cc6S(=O)(=O)O)c(N)c5c4O)cc3)cc2)c(S(=O)(=O)O)cc2cc(SOOO)c(N=Nc3ccc([N+](=O)[O-])cc3)c(O)c12. The molecule has 0 atom stereocenters. The summed E-state index contributed by atoms with van der Waals surface area (Å²) in [6.45, 7) is -1.12. The molecule has 13 N–H and O–H groups in total. The van der Waals surface area contributed by atoms with Gasteiger partial charge in [0.25, 0.3) is 46.1 Å². The van der Waals surface area contributed by atoms with Crippen LogP contribution in [0, 0.1) is 10.1 Å². The lowest BCUT2D eigenvalue weighted by Crippen LogP contribution is -2.16. The fourth-order valence-corrected chi connectivity index (χ4v) is 13.6. The van der Waals surface area contributed by atoms with Crippen molar-refractivity contribution < 1.29 is 117 Å². The van der Waals surface area contributed by atoms with Crippen LogP contribution in [0.4, 0.5) is 68.2 Å².